The Morgan fingerprint density at radius 2 is 1.81 bits per heavy atom. The van der Waals surface area contributed by atoms with Crippen LogP contribution >= 0.6 is 0 Å². The molecular weight excluding hydrogens is 268 g/mol. The van der Waals surface area contributed by atoms with Crippen LogP contribution in [-0.2, 0) is 4.79 Å². The molecule has 2 rings (SSSR count). The summed E-state index contributed by atoms with van der Waals surface area (Å²) < 4.78 is 0. The van der Waals surface area contributed by atoms with Crippen LogP contribution in [0.2, 0.25) is 0 Å². The van der Waals surface area contributed by atoms with Gasteiger partial charge in [-0.25, -0.2) is 0 Å². The summed E-state index contributed by atoms with van der Waals surface area (Å²) in [5, 5.41) is 9.43. The molecule has 5 nitrogen and oxygen atoms in total. The second-order valence-corrected chi connectivity index (χ2v) is 5.33. The molecule has 0 atom stereocenters. The zero-order valence-electron chi connectivity index (χ0n) is 12.4. The van der Waals surface area contributed by atoms with Gasteiger partial charge in [0.1, 0.15) is 5.75 Å². The smallest absolute Gasteiger partial charge is 0.254 e. The van der Waals surface area contributed by atoms with E-state index in [0.29, 0.717) is 38.2 Å². The van der Waals surface area contributed by atoms with Crippen molar-refractivity contribution >= 4 is 11.8 Å². The van der Waals surface area contributed by atoms with Crippen molar-refractivity contribution in [1.29, 1.82) is 0 Å². The van der Waals surface area contributed by atoms with Crippen LogP contribution in [0.3, 0.4) is 0 Å². The quantitative estimate of drug-likeness (QED) is 0.921. The fraction of sp³-hybridized carbons (Fsp3) is 0.500. The van der Waals surface area contributed by atoms with Gasteiger partial charge in [0, 0.05) is 38.2 Å². The van der Waals surface area contributed by atoms with Crippen LogP contribution in [0.15, 0.2) is 24.3 Å². The summed E-state index contributed by atoms with van der Waals surface area (Å²) in [5.41, 5.74) is 0.487. The van der Waals surface area contributed by atoms with Gasteiger partial charge >= 0.3 is 0 Å². The van der Waals surface area contributed by atoms with E-state index in [4.69, 9.17) is 0 Å². The molecule has 0 saturated carbocycles. The SMILES string of the molecule is CCCCC(=O)N1CCN(C(=O)c2cccc(O)c2)CC1. The van der Waals surface area contributed by atoms with Crippen molar-refractivity contribution in [3.05, 3.63) is 29.8 Å². The Kier molecular flexibility index (Phi) is 5.20. The lowest BCUT2D eigenvalue weighted by Gasteiger charge is -2.35. The second kappa shape index (κ2) is 7.11. The van der Waals surface area contributed by atoms with E-state index in [0.717, 1.165) is 12.8 Å². The summed E-state index contributed by atoms with van der Waals surface area (Å²) in [6.45, 7) is 4.35. The van der Waals surface area contributed by atoms with Gasteiger partial charge in [-0.2, -0.15) is 0 Å². The number of carbonyl (C=O) groups excluding carboxylic acids is 2. The van der Waals surface area contributed by atoms with Gasteiger partial charge in [-0.3, -0.25) is 9.59 Å². The molecule has 1 aliphatic heterocycles. The lowest BCUT2D eigenvalue weighted by atomic mass is 10.1. The van der Waals surface area contributed by atoms with E-state index in [1.54, 1.807) is 23.1 Å². The normalized spacial score (nSPS) is 15.1. The molecule has 1 saturated heterocycles. The van der Waals surface area contributed by atoms with Gasteiger partial charge in [0.2, 0.25) is 5.91 Å². The summed E-state index contributed by atoms with van der Waals surface area (Å²) >= 11 is 0. The minimum absolute atomic E-state index is 0.0912. The van der Waals surface area contributed by atoms with E-state index in [1.807, 2.05) is 4.90 Å². The van der Waals surface area contributed by atoms with Gasteiger partial charge in [-0.15, -0.1) is 0 Å². The Morgan fingerprint density at radius 3 is 2.43 bits per heavy atom. The van der Waals surface area contributed by atoms with E-state index in [2.05, 4.69) is 6.92 Å². The molecule has 1 aromatic carbocycles. The molecule has 21 heavy (non-hydrogen) atoms. The van der Waals surface area contributed by atoms with Crippen molar-refractivity contribution in [3.63, 3.8) is 0 Å². The average molecular weight is 290 g/mol. The van der Waals surface area contributed by atoms with Crippen molar-refractivity contribution in [1.82, 2.24) is 9.80 Å². The summed E-state index contributed by atoms with van der Waals surface area (Å²) in [7, 11) is 0. The molecule has 0 aliphatic carbocycles. The van der Waals surface area contributed by atoms with Gasteiger partial charge in [0.15, 0.2) is 0 Å². The van der Waals surface area contributed by atoms with E-state index in [1.165, 1.54) is 6.07 Å². The number of amides is 2. The average Bonchev–Trinajstić information content (AvgIpc) is 2.52. The number of nitrogens with zero attached hydrogens (tertiary/aromatic N) is 2. The third-order valence-electron chi connectivity index (χ3n) is 3.76. The van der Waals surface area contributed by atoms with E-state index < -0.39 is 0 Å². The summed E-state index contributed by atoms with van der Waals surface area (Å²) in [5.74, 6) is 0.182. The third-order valence-corrected chi connectivity index (χ3v) is 3.76. The highest BCUT2D eigenvalue weighted by Gasteiger charge is 2.24. The Bertz CT molecular complexity index is 508. The largest absolute Gasteiger partial charge is 0.508 e. The molecular formula is C16H22N2O3. The molecule has 1 fully saturated rings. The fourth-order valence-electron chi connectivity index (χ4n) is 2.47. The first kappa shape index (κ1) is 15.4. The number of phenolic OH excluding ortho intramolecular Hbond substituents is 1. The zero-order valence-corrected chi connectivity index (χ0v) is 12.4. The number of carbonyl (C=O) groups is 2. The standard InChI is InChI=1S/C16H22N2O3/c1-2-3-7-15(20)17-8-10-18(11-9-17)16(21)13-5-4-6-14(19)12-13/h4-6,12,19H,2-3,7-11H2,1H3. The molecule has 1 aromatic rings. The molecule has 0 aromatic heterocycles. The Hall–Kier alpha value is -2.04. The highest BCUT2D eigenvalue weighted by molar-refractivity contribution is 5.94. The molecule has 1 heterocycles. The topological polar surface area (TPSA) is 60.9 Å². The first-order chi connectivity index (χ1) is 10.1. The maximum Gasteiger partial charge on any atom is 0.254 e. The Morgan fingerprint density at radius 1 is 1.14 bits per heavy atom. The van der Waals surface area contributed by atoms with Crippen molar-refractivity contribution in [2.45, 2.75) is 26.2 Å². The number of hydrogen-bond donors (Lipinski definition) is 1. The monoisotopic (exact) mass is 290 g/mol. The molecule has 1 aliphatic rings. The van der Waals surface area contributed by atoms with Crippen LogP contribution in [0.4, 0.5) is 0 Å². The highest BCUT2D eigenvalue weighted by atomic mass is 16.3. The minimum atomic E-state index is -0.0912. The fourth-order valence-corrected chi connectivity index (χ4v) is 2.47. The molecule has 2 amide bonds. The predicted molar refractivity (Wildman–Crippen MR) is 80.1 cm³/mol. The molecule has 0 radical (unpaired) electrons. The van der Waals surface area contributed by atoms with Crippen LogP contribution in [0.5, 0.6) is 5.75 Å². The van der Waals surface area contributed by atoms with E-state index >= 15 is 0 Å². The van der Waals surface area contributed by atoms with Gasteiger partial charge in [-0.05, 0) is 24.6 Å². The molecule has 114 valence electrons. The van der Waals surface area contributed by atoms with Crippen LogP contribution in [0.25, 0.3) is 0 Å². The van der Waals surface area contributed by atoms with Gasteiger partial charge < -0.3 is 14.9 Å². The number of unbranched alkanes of at least 4 members (excludes halogenated alkanes) is 1. The minimum Gasteiger partial charge on any atom is -0.508 e. The van der Waals surface area contributed by atoms with Gasteiger partial charge in [0.05, 0.1) is 0 Å². The van der Waals surface area contributed by atoms with Crippen molar-refractivity contribution in [2.24, 2.45) is 0 Å². The maximum absolute atomic E-state index is 12.3. The van der Waals surface area contributed by atoms with Crippen LogP contribution in [-0.4, -0.2) is 52.9 Å². The predicted octanol–water partition coefficient (Wildman–Crippen LogP) is 1.87. The molecule has 0 spiro atoms. The number of phenols is 1. The summed E-state index contributed by atoms with van der Waals surface area (Å²) in [6, 6.07) is 6.37. The molecule has 0 bridgehead atoms. The maximum atomic E-state index is 12.3. The van der Waals surface area contributed by atoms with Crippen LogP contribution < -0.4 is 0 Å². The summed E-state index contributed by atoms with van der Waals surface area (Å²) in [6.07, 6.45) is 2.53. The van der Waals surface area contributed by atoms with E-state index in [-0.39, 0.29) is 17.6 Å². The second-order valence-electron chi connectivity index (χ2n) is 5.33. The third kappa shape index (κ3) is 3.97. The van der Waals surface area contributed by atoms with E-state index in [9.17, 15) is 14.7 Å². The van der Waals surface area contributed by atoms with Gasteiger partial charge in [-0.1, -0.05) is 19.4 Å². The zero-order chi connectivity index (χ0) is 15.2. The highest BCUT2D eigenvalue weighted by Crippen LogP contribution is 2.15. The molecule has 5 heteroatoms. The summed E-state index contributed by atoms with van der Waals surface area (Å²) in [4.78, 5) is 27.8. The first-order valence-electron chi connectivity index (χ1n) is 7.48. The number of rotatable bonds is 4. The van der Waals surface area contributed by atoms with Crippen molar-refractivity contribution < 1.29 is 14.7 Å². The number of piperazine rings is 1. The Balaban J connectivity index is 1.89. The lowest BCUT2D eigenvalue weighted by Crippen LogP contribution is -2.50. The van der Waals surface area contributed by atoms with Crippen molar-refractivity contribution in [2.75, 3.05) is 26.2 Å². The molecule has 1 N–H and O–H groups in total. The van der Waals surface area contributed by atoms with Crippen LogP contribution in [0.1, 0.15) is 36.5 Å². The first-order valence-corrected chi connectivity index (χ1v) is 7.48. The van der Waals surface area contributed by atoms with Gasteiger partial charge in [0.25, 0.3) is 5.91 Å². The lowest BCUT2D eigenvalue weighted by molar-refractivity contribution is -0.132. The molecule has 0 unspecified atom stereocenters. The number of hydrogen-bond acceptors (Lipinski definition) is 3. The van der Waals surface area contributed by atoms with Crippen LogP contribution in [0, 0.1) is 0 Å². The Labute approximate surface area is 125 Å². The number of benzene rings is 1. The van der Waals surface area contributed by atoms with Crippen molar-refractivity contribution in [3.8, 4) is 5.75 Å². The number of aromatic hydroxyl groups is 1.